The Morgan fingerprint density at radius 2 is 1.44 bits per heavy atom. The van der Waals surface area contributed by atoms with E-state index < -0.39 is 0 Å². The monoisotopic (exact) mass is 518 g/mol. The molecule has 1 heterocycles. The van der Waals surface area contributed by atoms with E-state index in [2.05, 4.69) is 10.6 Å². The van der Waals surface area contributed by atoms with E-state index in [1.54, 1.807) is 14.2 Å². The molecule has 0 radical (unpaired) electrons. The van der Waals surface area contributed by atoms with Gasteiger partial charge in [-0.05, 0) is 72.0 Å². The molecule has 4 aromatic carbocycles. The van der Waals surface area contributed by atoms with Crippen LogP contribution in [-0.4, -0.2) is 20.0 Å². The number of methoxy groups -OCH3 is 2. The summed E-state index contributed by atoms with van der Waals surface area (Å²) in [6.07, 6.45) is 1.11. The van der Waals surface area contributed by atoms with E-state index >= 15 is 0 Å². The summed E-state index contributed by atoms with van der Waals surface area (Å²) >= 11 is 0. The largest absolute Gasteiger partial charge is 0.493 e. The average Bonchev–Trinajstić information content (AvgIpc) is 3.14. The summed E-state index contributed by atoms with van der Waals surface area (Å²) in [5.41, 5.74) is 5.61. The van der Waals surface area contributed by atoms with E-state index in [0.29, 0.717) is 24.3 Å². The van der Waals surface area contributed by atoms with Crippen molar-refractivity contribution in [2.75, 3.05) is 24.9 Å². The highest BCUT2D eigenvalue weighted by atomic mass is 16.5. The lowest BCUT2D eigenvalue weighted by atomic mass is 9.78. The Hall–Kier alpha value is -4.71. The summed E-state index contributed by atoms with van der Waals surface area (Å²) in [5.74, 6) is 2.95. The molecule has 1 aliphatic heterocycles. The SMILES string of the molecule is COc1ccc([C@@H]2CC(=O)C3=C(C2)Nc2ccccc2N[C@H]3c2cccc(Oc3ccccc3)c2)cc1OC. The van der Waals surface area contributed by atoms with Crippen molar-refractivity contribution in [3.8, 4) is 23.0 Å². The zero-order valence-corrected chi connectivity index (χ0v) is 21.9. The first kappa shape index (κ1) is 24.6. The van der Waals surface area contributed by atoms with Gasteiger partial charge < -0.3 is 24.8 Å². The molecule has 4 aromatic rings. The van der Waals surface area contributed by atoms with Gasteiger partial charge in [-0.3, -0.25) is 4.79 Å². The minimum absolute atomic E-state index is 0.0159. The molecule has 6 heteroatoms. The van der Waals surface area contributed by atoms with E-state index in [1.165, 1.54) is 0 Å². The lowest BCUT2D eigenvalue weighted by molar-refractivity contribution is -0.116. The van der Waals surface area contributed by atoms with Crippen molar-refractivity contribution in [3.63, 3.8) is 0 Å². The van der Waals surface area contributed by atoms with Crippen LogP contribution in [0.25, 0.3) is 0 Å². The summed E-state index contributed by atoms with van der Waals surface area (Å²) in [7, 11) is 3.25. The average molecular weight is 519 g/mol. The highest BCUT2D eigenvalue weighted by molar-refractivity contribution is 6.01. The molecule has 6 nitrogen and oxygen atoms in total. The first-order valence-electron chi connectivity index (χ1n) is 13.1. The molecule has 39 heavy (non-hydrogen) atoms. The van der Waals surface area contributed by atoms with Crippen LogP contribution in [0.5, 0.6) is 23.0 Å². The van der Waals surface area contributed by atoms with Crippen molar-refractivity contribution in [2.24, 2.45) is 0 Å². The predicted molar refractivity (Wildman–Crippen MR) is 153 cm³/mol. The molecule has 196 valence electrons. The number of fused-ring (bicyclic) bond motifs is 1. The second-order valence-electron chi connectivity index (χ2n) is 9.77. The standard InChI is InChI=1S/C33H30N2O4/c1-37-30-16-15-21(20-31(30)38-2)23-18-28-32(29(36)19-23)33(35-27-14-7-6-13-26(27)34-28)22-9-8-12-25(17-22)39-24-10-4-3-5-11-24/h3-17,20,23,33-35H,18-19H2,1-2H3/t23-,33-/m0/s1. The number of anilines is 2. The van der Waals surface area contributed by atoms with E-state index in [4.69, 9.17) is 14.2 Å². The summed E-state index contributed by atoms with van der Waals surface area (Å²) in [4.78, 5) is 13.9. The third-order valence-corrected chi connectivity index (χ3v) is 7.36. The number of para-hydroxylation sites is 3. The van der Waals surface area contributed by atoms with Crippen molar-refractivity contribution in [2.45, 2.75) is 24.8 Å². The van der Waals surface area contributed by atoms with E-state index in [1.807, 2.05) is 97.1 Å². The van der Waals surface area contributed by atoms with Gasteiger partial charge >= 0.3 is 0 Å². The van der Waals surface area contributed by atoms with Crippen LogP contribution < -0.4 is 24.8 Å². The van der Waals surface area contributed by atoms with Gasteiger partial charge in [0, 0.05) is 17.7 Å². The van der Waals surface area contributed by atoms with Crippen LogP contribution in [0.15, 0.2) is 108 Å². The minimum Gasteiger partial charge on any atom is -0.493 e. The van der Waals surface area contributed by atoms with Crippen LogP contribution in [0, 0.1) is 0 Å². The molecule has 0 spiro atoms. The minimum atomic E-state index is -0.325. The molecule has 0 saturated heterocycles. The normalized spacial score (nSPS) is 18.2. The van der Waals surface area contributed by atoms with Gasteiger partial charge in [0.15, 0.2) is 17.3 Å². The smallest absolute Gasteiger partial charge is 0.163 e. The number of hydrogen-bond donors (Lipinski definition) is 2. The number of carbonyl (C=O) groups excluding carboxylic acids is 1. The molecule has 0 bridgehead atoms. The Bertz CT molecular complexity index is 1550. The Balaban J connectivity index is 1.39. The van der Waals surface area contributed by atoms with Gasteiger partial charge in [-0.15, -0.1) is 0 Å². The van der Waals surface area contributed by atoms with Gasteiger partial charge in [0.05, 0.1) is 31.6 Å². The molecule has 0 amide bonds. The Morgan fingerprint density at radius 3 is 2.23 bits per heavy atom. The van der Waals surface area contributed by atoms with Gasteiger partial charge in [-0.1, -0.05) is 48.5 Å². The van der Waals surface area contributed by atoms with Crippen LogP contribution >= 0.6 is 0 Å². The lowest BCUT2D eigenvalue weighted by Crippen LogP contribution is -2.26. The molecular formula is C33H30N2O4. The number of Topliss-reactive ketones (excluding diaryl/α,β-unsaturated/α-hetero) is 1. The first-order chi connectivity index (χ1) is 19.1. The predicted octanol–water partition coefficient (Wildman–Crippen LogP) is 7.48. The van der Waals surface area contributed by atoms with Crippen molar-refractivity contribution in [1.82, 2.24) is 0 Å². The van der Waals surface area contributed by atoms with Gasteiger partial charge in [-0.2, -0.15) is 0 Å². The van der Waals surface area contributed by atoms with Crippen LogP contribution in [-0.2, 0) is 4.79 Å². The molecule has 2 atom stereocenters. The molecule has 0 fully saturated rings. The molecule has 1 aliphatic carbocycles. The fourth-order valence-corrected chi connectivity index (χ4v) is 5.47. The van der Waals surface area contributed by atoms with E-state index in [9.17, 15) is 4.79 Å². The second-order valence-corrected chi connectivity index (χ2v) is 9.77. The zero-order valence-electron chi connectivity index (χ0n) is 21.9. The first-order valence-corrected chi connectivity index (χ1v) is 13.1. The number of hydrogen-bond acceptors (Lipinski definition) is 6. The zero-order chi connectivity index (χ0) is 26.8. The summed E-state index contributed by atoms with van der Waals surface area (Å²) in [6.45, 7) is 0. The Morgan fingerprint density at radius 1 is 0.692 bits per heavy atom. The van der Waals surface area contributed by atoms with Crippen LogP contribution in [0.3, 0.4) is 0 Å². The molecule has 0 aromatic heterocycles. The second kappa shape index (κ2) is 10.6. The van der Waals surface area contributed by atoms with Crippen molar-refractivity contribution in [1.29, 1.82) is 0 Å². The third kappa shape index (κ3) is 4.93. The summed E-state index contributed by atoms with van der Waals surface area (Å²) < 4.78 is 17.1. The van der Waals surface area contributed by atoms with E-state index in [-0.39, 0.29) is 17.7 Å². The highest BCUT2D eigenvalue weighted by Crippen LogP contribution is 2.45. The maximum Gasteiger partial charge on any atom is 0.163 e. The number of ketones is 1. The van der Waals surface area contributed by atoms with Crippen LogP contribution in [0.1, 0.15) is 35.9 Å². The molecule has 2 N–H and O–H groups in total. The lowest BCUT2D eigenvalue weighted by Gasteiger charge is -2.30. The van der Waals surface area contributed by atoms with Crippen molar-refractivity contribution in [3.05, 3.63) is 119 Å². The van der Waals surface area contributed by atoms with Gasteiger partial charge in [0.2, 0.25) is 0 Å². The molecule has 6 rings (SSSR count). The molecule has 2 aliphatic rings. The van der Waals surface area contributed by atoms with E-state index in [0.717, 1.165) is 45.3 Å². The number of allylic oxidation sites excluding steroid dienone is 1. The summed E-state index contributed by atoms with van der Waals surface area (Å²) in [5, 5.41) is 7.26. The van der Waals surface area contributed by atoms with Gasteiger partial charge in [0.1, 0.15) is 11.5 Å². The Kier molecular flexibility index (Phi) is 6.68. The topological polar surface area (TPSA) is 68.8 Å². The van der Waals surface area contributed by atoms with Crippen molar-refractivity contribution < 1.29 is 19.0 Å². The van der Waals surface area contributed by atoms with Gasteiger partial charge in [0.25, 0.3) is 0 Å². The quantitative estimate of drug-likeness (QED) is 0.276. The van der Waals surface area contributed by atoms with Gasteiger partial charge in [-0.25, -0.2) is 0 Å². The maximum absolute atomic E-state index is 13.9. The third-order valence-electron chi connectivity index (χ3n) is 7.36. The number of nitrogens with one attached hydrogen (secondary N) is 2. The van der Waals surface area contributed by atoms with Crippen LogP contribution in [0.4, 0.5) is 11.4 Å². The highest BCUT2D eigenvalue weighted by Gasteiger charge is 2.36. The Labute approximate surface area is 228 Å². The number of ether oxygens (including phenoxy) is 3. The number of rotatable bonds is 6. The van der Waals surface area contributed by atoms with Crippen LogP contribution in [0.2, 0.25) is 0 Å². The molecular weight excluding hydrogens is 488 g/mol. The molecule has 0 saturated carbocycles. The number of benzene rings is 4. The fourth-order valence-electron chi connectivity index (χ4n) is 5.47. The van der Waals surface area contributed by atoms with Crippen molar-refractivity contribution >= 4 is 17.2 Å². The number of carbonyl (C=O) groups is 1. The summed E-state index contributed by atoms with van der Waals surface area (Å²) in [6, 6.07) is 31.3. The molecule has 0 unspecified atom stereocenters. The fraction of sp³-hybridized carbons (Fsp3) is 0.182. The maximum atomic E-state index is 13.9.